The summed E-state index contributed by atoms with van der Waals surface area (Å²) in [5.74, 6) is 1.33. The van der Waals surface area contributed by atoms with Gasteiger partial charge in [-0.2, -0.15) is 0 Å². The molecule has 0 saturated heterocycles. The smallest absolute Gasteiger partial charge is 0.485 e. The molecule has 4 nitrogen and oxygen atoms in total. The molecule has 0 spiro atoms. The SMILES string of the molecule is OB(O)c1ccc(COc2cc(Cl)ccc2Oc2ccc(Cl)cc2Cl)cc1. The van der Waals surface area contributed by atoms with Crippen LogP contribution in [0.25, 0.3) is 0 Å². The van der Waals surface area contributed by atoms with Gasteiger partial charge in [-0.3, -0.25) is 0 Å². The molecule has 0 amide bonds. The number of benzene rings is 3. The standard InChI is InChI=1S/C19H14BCl3O4/c21-14-5-7-17(16(23)9-14)27-18-8-6-15(22)10-19(18)26-11-12-1-3-13(4-2-12)20(24)25/h1-10,24-25H,11H2. The summed E-state index contributed by atoms with van der Waals surface area (Å²) in [6, 6.07) is 16.7. The maximum Gasteiger partial charge on any atom is 0.488 e. The van der Waals surface area contributed by atoms with Crippen molar-refractivity contribution in [1.82, 2.24) is 0 Å². The van der Waals surface area contributed by atoms with E-state index in [4.69, 9.17) is 54.3 Å². The average Bonchev–Trinajstić information content (AvgIpc) is 2.64. The van der Waals surface area contributed by atoms with Gasteiger partial charge in [-0.1, -0.05) is 59.1 Å². The van der Waals surface area contributed by atoms with Crippen LogP contribution in [-0.4, -0.2) is 17.2 Å². The summed E-state index contributed by atoms with van der Waals surface area (Å²) >= 11 is 18.1. The van der Waals surface area contributed by atoms with Crippen molar-refractivity contribution in [3.05, 3.63) is 81.3 Å². The molecule has 0 aliphatic carbocycles. The minimum absolute atomic E-state index is 0.243. The number of rotatable bonds is 6. The summed E-state index contributed by atoms with van der Waals surface area (Å²) in [5, 5.41) is 19.7. The van der Waals surface area contributed by atoms with E-state index >= 15 is 0 Å². The molecule has 0 fully saturated rings. The zero-order chi connectivity index (χ0) is 19.4. The number of halogens is 3. The second kappa shape index (κ2) is 8.87. The van der Waals surface area contributed by atoms with E-state index in [2.05, 4.69) is 0 Å². The van der Waals surface area contributed by atoms with Crippen molar-refractivity contribution in [2.24, 2.45) is 0 Å². The van der Waals surface area contributed by atoms with Crippen molar-refractivity contribution < 1.29 is 19.5 Å². The Morgan fingerprint density at radius 3 is 2.00 bits per heavy atom. The van der Waals surface area contributed by atoms with Gasteiger partial charge in [0.25, 0.3) is 0 Å². The normalized spacial score (nSPS) is 10.6. The monoisotopic (exact) mass is 422 g/mol. The van der Waals surface area contributed by atoms with E-state index in [1.54, 1.807) is 60.7 Å². The Balaban J connectivity index is 1.77. The molecular formula is C19H14BCl3O4. The van der Waals surface area contributed by atoms with Crippen molar-refractivity contribution in [3.63, 3.8) is 0 Å². The first-order valence-corrected chi connectivity index (χ1v) is 9.06. The summed E-state index contributed by atoms with van der Waals surface area (Å²) in [7, 11) is -1.50. The minimum atomic E-state index is -1.50. The zero-order valence-electron chi connectivity index (χ0n) is 13.9. The highest BCUT2D eigenvalue weighted by atomic mass is 35.5. The first-order chi connectivity index (χ1) is 12.9. The van der Waals surface area contributed by atoms with E-state index in [1.165, 1.54) is 0 Å². The van der Waals surface area contributed by atoms with Crippen molar-refractivity contribution in [1.29, 1.82) is 0 Å². The van der Waals surface area contributed by atoms with E-state index in [1.807, 2.05) is 0 Å². The molecule has 3 rings (SSSR count). The molecule has 138 valence electrons. The lowest BCUT2D eigenvalue weighted by Crippen LogP contribution is -2.29. The molecule has 3 aromatic rings. The van der Waals surface area contributed by atoms with Crippen LogP contribution in [0.1, 0.15) is 5.56 Å². The summed E-state index contributed by atoms with van der Waals surface area (Å²) in [4.78, 5) is 0. The second-order valence-electron chi connectivity index (χ2n) is 5.67. The number of hydrogen-bond donors (Lipinski definition) is 2. The van der Waals surface area contributed by atoms with Crippen LogP contribution in [0, 0.1) is 0 Å². The largest absolute Gasteiger partial charge is 0.488 e. The molecule has 0 bridgehead atoms. The predicted molar refractivity (Wildman–Crippen MR) is 109 cm³/mol. The molecule has 2 N–H and O–H groups in total. The second-order valence-corrected chi connectivity index (χ2v) is 6.95. The molecule has 8 heteroatoms. The molecule has 3 aromatic carbocycles. The summed E-state index contributed by atoms with van der Waals surface area (Å²) in [5.41, 5.74) is 1.25. The van der Waals surface area contributed by atoms with Crippen LogP contribution in [0.3, 0.4) is 0 Å². The predicted octanol–water partition coefficient (Wildman–Crippen LogP) is 4.70. The molecule has 0 aromatic heterocycles. The fraction of sp³-hybridized carbons (Fsp3) is 0.0526. The Labute approximate surface area is 172 Å². The van der Waals surface area contributed by atoms with Gasteiger partial charge in [0.1, 0.15) is 12.4 Å². The van der Waals surface area contributed by atoms with Crippen molar-refractivity contribution in [2.75, 3.05) is 0 Å². The Kier molecular flexibility index (Phi) is 6.53. The third kappa shape index (κ3) is 5.31. The third-order valence-electron chi connectivity index (χ3n) is 3.69. The molecule has 27 heavy (non-hydrogen) atoms. The highest BCUT2D eigenvalue weighted by Gasteiger charge is 2.12. The summed E-state index contributed by atoms with van der Waals surface area (Å²) < 4.78 is 11.7. The van der Waals surface area contributed by atoms with Gasteiger partial charge in [-0.25, -0.2) is 0 Å². The Bertz CT molecular complexity index is 933. The van der Waals surface area contributed by atoms with Gasteiger partial charge in [0.05, 0.1) is 5.02 Å². The number of hydrogen-bond acceptors (Lipinski definition) is 4. The highest BCUT2D eigenvalue weighted by Crippen LogP contribution is 2.37. The van der Waals surface area contributed by atoms with Crippen LogP contribution in [0.5, 0.6) is 17.2 Å². The minimum Gasteiger partial charge on any atom is -0.485 e. The summed E-state index contributed by atoms with van der Waals surface area (Å²) in [6.07, 6.45) is 0. The lowest BCUT2D eigenvalue weighted by Gasteiger charge is -2.14. The van der Waals surface area contributed by atoms with E-state index in [0.29, 0.717) is 37.8 Å². The average molecular weight is 423 g/mol. The van der Waals surface area contributed by atoms with Gasteiger partial charge < -0.3 is 19.5 Å². The lowest BCUT2D eigenvalue weighted by atomic mass is 9.80. The topological polar surface area (TPSA) is 58.9 Å². The van der Waals surface area contributed by atoms with Crippen LogP contribution in [0.4, 0.5) is 0 Å². The molecule has 0 atom stereocenters. The zero-order valence-corrected chi connectivity index (χ0v) is 16.2. The Hall–Kier alpha value is -1.89. The van der Waals surface area contributed by atoms with Gasteiger partial charge >= 0.3 is 7.12 Å². The molecule has 0 radical (unpaired) electrons. The van der Waals surface area contributed by atoms with Crippen molar-refractivity contribution in [2.45, 2.75) is 6.61 Å². The third-order valence-corrected chi connectivity index (χ3v) is 4.46. The van der Waals surface area contributed by atoms with E-state index < -0.39 is 7.12 Å². The first kappa shape index (κ1) is 19.9. The van der Waals surface area contributed by atoms with Crippen LogP contribution in [0.15, 0.2) is 60.7 Å². The fourth-order valence-electron chi connectivity index (χ4n) is 2.30. The lowest BCUT2D eigenvalue weighted by molar-refractivity contribution is 0.291. The van der Waals surface area contributed by atoms with Crippen LogP contribution in [-0.2, 0) is 6.61 Å². The van der Waals surface area contributed by atoms with E-state index in [0.717, 1.165) is 5.56 Å². The molecule has 0 unspecified atom stereocenters. The molecule has 0 saturated carbocycles. The maximum absolute atomic E-state index is 9.14. The van der Waals surface area contributed by atoms with Gasteiger partial charge in [0.2, 0.25) is 0 Å². The molecule has 0 aliphatic rings. The molecular weight excluding hydrogens is 409 g/mol. The van der Waals surface area contributed by atoms with E-state index in [9.17, 15) is 0 Å². The van der Waals surface area contributed by atoms with Gasteiger partial charge in [0, 0.05) is 16.1 Å². The van der Waals surface area contributed by atoms with Gasteiger partial charge in [0.15, 0.2) is 11.5 Å². The quantitative estimate of drug-likeness (QED) is 0.565. The van der Waals surface area contributed by atoms with Crippen LogP contribution < -0.4 is 14.9 Å². The summed E-state index contributed by atoms with van der Waals surface area (Å²) in [6.45, 7) is 0.243. The van der Waals surface area contributed by atoms with Crippen LogP contribution >= 0.6 is 34.8 Å². The van der Waals surface area contributed by atoms with Crippen molar-refractivity contribution >= 4 is 47.4 Å². The Morgan fingerprint density at radius 1 is 0.741 bits per heavy atom. The number of ether oxygens (including phenoxy) is 2. The fourth-order valence-corrected chi connectivity index (χ4v) is 2.91. The van der Waals surface area contributed by atoms with Gasteiger partial charge in [-0.15, -0.1) is 0 Å². The van der Waals surface area contributed by atoms with E-state index in [-0.39, 0.29) is 6.61 Å². The first-order valence-electron chi connectivity index (χ1n) is 7.92. The highest BCUT2D eigenvalue weighted by molar-refractivity contribution is 6.58. The van der Waals surface area contributed by atoms with Gasteiger partial charge in [-0.05, 0) is 41.4 Å². The maximum atomic E-state index is 9.14. The molecule has 0 heterocycles. The Morgan fingerprint density at radius 2 is 1.37 bits per heavy atom. The molecule has 0 aliphatic heterocycles. The van der Waals surface area contributed by atoms with Crippen molar-refractivity contribution in [3.8, 4) is 17.2 Å². The van der Waals surface area contributed by atoms with Crippen LogP contribution in [0.2, 0.25) is 15.1 Å².